The number of hydrogen-bond acceptors (Lipinski definition) is 5. The van der Waals surface area contributed by atoms with Crippen molar-refractivity contribution in [2.45, 2.75) is 57.9 Å². The minimum atomic E-state index is -3.53. The number of unbranched alkanes of at least 4 members (excludes halogenated alkanes) is 2. The van der Waals surface area contributed by atoms with Gasteiger partial charge in [0.2, 0.25) is 16.0 Å². The lowest BCUT2D eigenvalue weighted by atomic mass is 10.2. The molecule has 0 unspecified atom stereocenters. The highest BCUT2D eigenvalue weighted by Crippen LogP contribution is 2.18. The molecule has 0 radical (unpaired) electrons. The molecule has 1 N–H and O–H groups in total. The van der Waals surface area contributed by atoms with E-state index >= 15 is 0 Å². The summed E-state index contributed by atoms with van der Waals surface area (Å²) in [6.07, 6.45) is 5.69. The zero-order valence-corrected chi connectivity index (χ0v) is 14.2. The van der Waals surface area contributed by atoms with E-state index in [0.29, 0.717) is 19.0 Å². The molecule has 0 fully saturated rings. The van der Waals surface area contributed by atoms with Crippen LogP contribution in [0.25, 0.3) is 0 Å². The maximum atomic E-state index is 12.7. The molecule has 0 aliphatic heterocycles. The highest BCUT2D eigenvalue weighted by atomic mass is 32.2. The predicted octanol–water partition coefficient (Wildman–Crippen LogP) is 2.50. The number of rotatable bonds is 9. The molecule has 0 aliphatic rings. The molecule has 120 valence electrons. The summed E-state index contributed by atoms with van der Waals surface area (Å²) in [4.78, 5) is 8.24. The Morgan fingerprint density at radius 2 is 1.81 bits per heavy atom. The van der Waals surface area contributed by atoms with Gasteiger partial charge >= 0.3 is 0 Å². The Kier molecular flexibility index (Phi) is 7.04. The van der Waals surface area contributed by atoms with Crippen LogP contribution in [0.2, 0.25) is 0 Å². The maximum Gasteiger partial charge on any atom is 0.246 e. The average molecular weight is 314 g/mol. The fraction of sp³-hybridized carbons (Fsp3) is 0.714. The summed E-state index contributed by atoms with van der Waals surface area (Å²) in [7, 11) is -3.53. The Morgan fingerprint density at radius 3 is 2.29 bits per heavy atom. The van der Waals surface area contributed by atoms with Gasteiger partial charge in [0.05, 0.1) is 12.4 Å². The summed E-state index contributed by atoms with van der Waals surface area (Å²) in [5.74, 6) is 0.443. The fourth-order valence-corrected chi connectivity index (χ4v) is 3.57. The second-order valence-corrected chi connectivity index (χ2v) is 7.08. The van der Waals surface area contributed by atoms with Gasteiger partial charge in [0.25, 0.3) is 0 Å². The van der Waals surface area contributed by atoms with Crippen LogP contribution in [0.15, 0.2) is 17.3 Å². The second kappa shape index (κ2) is 8.29. The molecule has 1 aromatic rings. The van der Waals surface area contributed by atoms with E-state index in [0.717, 1.165) is 19.3 Å². The molecule has 0 saturated heterocycles. The SMILES string of the molecule is CCCCCN(C(C)C)S(=O)(=O)c1cnc(NCC)nc1. The third-order valence-electron chi connectivity index (χ3n) is 3.13. The average Bonchev–Trinajstić information content (AvgIpc) is 2.44. The molecule has 1 rings (SSSR count). The number of hydrogen-bond donors (Lipinski definition) is 1. The Bertz CT molecular complexity index is 514. The molecule has 1 heterocycles. The van der Waals surface area contributed by atoms with E-state index in [1.807, 2.05) is 20.8 Å². The van der Waals surface area contributed by atoms with Gasteiger partial charge in [0.15, 0.2) is 0 Å². The summed E-state index contributed by atoms with van der Waals surface area (Å²) in [6, 6.07) is -0.0831. The van der Waals surface area contributed by atoms with E-state index in [9.17, 15) is 8.42 Å². The molecule has 21 heavy (non-hydrogen) atoms. The monoisotopic (exact) mass is 314 g/mol. The van der Waals surface area contributed by atoms with Crippen LogP contribution in [0.1, 0.15) is 47.0 Å². The first-order valence-corrected chi connectivity index (χ1v) is 8.95. The number of sulfonamides is 1. The highest BCUT2D eigenvalue weighted by Gasteiger charge is 2.27. The minimum Gasteiger partial charge on any atom is -0.355 e. The Balaban J connectivity index is 2.93. The molecule has 0 saturated carbocycles. The number of nitrogens with zero attached hydrogens (tertiary/aromatic N) is 3. The fourth-order valence-electron chi connectivity index (χ4n) is 2.01. The van der Waals surface area contributed by atoms with E-state index in [4.69, 9.17) is 0 Å². The van der Waals surface area contributed by atoms with Crippen molar-refractivity contribution in [1.29, 1.82) is 0 Å². The van der Waals surface area contributed by atoms with Gasteiger partial charge in [0.1, 0.15) is 4.90 Å². The van der Waals surface area contributed by atoms with Crippen molar-refractivity contribution in [2.75, 3.05) is 18.4 Å². The molecular formula is C14H26N4O2S. The molecule has 6 nitrogen and oxygen atoms in total. The Morgan fingerprint density at radius 1 is 1.19 bits per heavy atom. The van der Waals surface area contributed by atoms with Crippen LogP contribution in [-0.4, -0.2) is 41.8 Å². The van der Waals surface area contributed by atoms with Crippen molar-refractivity contribution < 1.29 is 8.42 Å². The lowest BCUT2D eigenvalue weighted by Gasteiger charge is -2.25. The lowest BCUT2D eigenvalue weighted by molar-refractivity contribution is 0.345. The van der Waals surface area contributed by atoms with E-state index in [2.05, 4.69) is 22.2 Å². The first-order chi connectivity index (χ1) is 9.93. The molecule has 0 atom stereocenters. The normalized spacial score (nSPS) is 12.1. The van der Waals surface area contributed by atoms with Crippen LogP contribution in [0.4, 0.5) is 5.95 Å². The standard InChI is InChI=1S/C14H26N4O2S/c1-5-7-8-9-18(12(3)4)21(19,20)13-10-16-14(15-6-2)17-11-13/h10-12H,5-9H2,1-4H3,(H,15,16,17). The molecule has 1 aromatic heterocycles. The zero-order chi connectivity index (χ0) is 15.9. The number of aromatic nitrogens is 2. The molecule has 0 bridgehead atoms. The summed E-state index contributed by atoms with van der Waals surface area (Å²) >= 11 is 0. The van der Waals surface area contributed by atoms with Crippen LogP contribution < -0.4 is 5.32 Å². The van der Waals surface area contributed by atoms with E-state index < -0.39 is 10.0 Å². The number of anilines is 1. The largest absolute Gasteiger partial charge is 0.355 e. The Labute approximate surface area is 128 Å². The van der Waals surface area contributed by atoms with Gasteiger partial charge in [-0.05, 0) is 27.2 Å². The highest BCUT2D eigenvalue weighted by molar-refractivity contribution is 7.89. The smallest absolute Gasteiger partial charge is 0.246 e. The van der Waals surface area contributed by atoms with E-state index in [1.54, 1.807) is 0 Å². The van der Waals surface area contributed by atoms with Gasteiger partial charge in [-0.2, -0.15) is 4.31 Å². The molecule has 0 aromatic carbocycles. The Hall–Kier alpha value is -1.21. The van der Waals surface area contributed by atoms with Gasteiger partial charge in [0, 0.05) is 19.1 Å². The van der Waals surface area contributed by atoms with Gasteiger partial charge in [-0.3, -0.25) is 0 Å². The third-order valence-corrected chi connectivity index (χ3v) is 5.16. The van der Waals surface area contributed by atoms with Crippen molar-refractivity contribution in [3.63, 3.8) is 0 Å². The molecule has 0 spiro atoms. The zero-order valence-electron chi connectivity index (χ0n) is 13.3. The van der Waals surface area contributed by atoms with E-state index in [1.165, 1.54) is 16.7 Å². The first-order valence-electron chi connectivity index (χ1n) is 7.51. The predicted molar refractivity (Wildman–Crippen MR) is 84.7 cm³/mol. The van der Waals surface area contributed by atoms with Crippen LogP contribution in [0.5, 0.6) is 0 Å². The van der Waals surface area contributed by atoms with Crippen LogP contribution in [-0.2, 0) is 10.0 Å². The summed E-state index contributed by atoms with van der Waals surface area (Å²) in [6.45, 7) is 9.03. The van der Waals surface area contributed by atoms with Gasteiger partial charge in [-0.25, -0.2) is 18.4 Å². The summed E-state index contributed by atoms with van der Waals surface area (Å²) in [5, 5.41) is 2.95. The van der Waals surface area contributed by atoms with Crippen LogP contribution in [0, 0.1) is 0 Å². The third kappa shape index (κ3) is 4.93. The summed E-state index contributed by atoms with van der Waals surface area (Å²) < 4.78 is 26.8. The van der Waals surface area contributed by atoms with Crippen LogP contribution >= 0.6 is 0 Å². The summed E-state index contributed by atoms with van der Waals surface area (Å²) in [5.41, 5.74) is 0. The maximum absolute atomic E-state index is 12.7. The van der Waals surface area contributed by atoms with Crippen molar-refractivity contribution in [3.05, 3.63) is 12.4 Å². The van der Waals surface area contributed by atoms with Crippen molar-refractivity contribution in [3.8, 4) is 0 Å². The van der Waals surface area contributed by atoms with Crippen molar-refractivity contribution >= 4 is 16.0 Å². The number of nitrogens with one attached hydrogen (secondary N) is 1. The molecule has 7 heteroatoms. The van der Waals surface area contributed by atoms with Gasteiger partial charge < -0.3 is 5.32 Å². The quantitative estimate of drug-likeness (QED) is 0.709. The van der Waals surface area contributed by atoms with Gasteiger partial charge in [-0.1, -0.05) is 19.8 Å². The molecule has 0 aliphatic carbocycles. The molecular weight excluding hydrogens is 288 g/mol. The minimum absolute atomic E-state index is 0.0831. The van der Waals surface area contributed by atoms with Gasteiger partial charge in [-0.15, -0.1) is 0 Å². The second-order valence-electron chi connectivity index (χ2n) is 5.19. The van der Waals surface area contributed by atoms with Crippen molar-refractivity contribution in [2.24, 2.45) is 0 Å². The van der Waals surface area contributed by atoms with Crippen molar-refractivity contribution in [1.82, 2.24) is 14.3 Å². The van der Waals surface area contributed by atoms with Crippen LogP contribution in [0.3, 0.4) is 0 Å². The first kappa shape index (κ1) is 17.8. The lowest BCUT2D eigenvalue weighted by Crippen LogP contribution is -2.37. The van der Waals surface area contributed by atoms with E-state index in [-0.39, 0.29) is 10.9 Å². The molecule has 0 amide bonds. The topological polar surface area (TPSA) is 75.2 Å².